The highest BCUT2D eigenvalue weighted by Gasteiger charge is 2.31. The molecule has 0 bridgehead atoms. The first-order valence-corrected chi connectivity index (χ1v) is 7.25. The quantitative estimate of drug-likeness (QED) is 0.509. The van der Waals surface area contributed by atoms with Crippen LogP contribution >= 0.6 is 0 Å². The molecule has 23 heavy (non-hydrogen) atoms. The zero-order valence-electron chi connectivity index (χ0n) is 12.5. The number of hydrogen-bond donors (Lipinski definition) is 4. The SMILES string of the molecule is NC(=O)C[C@@H](N)C(=O)NC[C@@H]1OCC(=O)N[C@@H]1c1ccccc1. The second-order valence-electron chi connectivity index (χ2n) is 5.33. The third-order valence-electron chi connectivity index (χ3n) is 3.51. The molecule has 1 heterocycles. The molecule has 1 aromatic rings. The number of ether oxygens (including phenoxy) is 1. The van der Waals surface area contributed by atoms with Crippen molar-refractivity contribution >= 4 is 17.7 Å². The Morgan fingerprint density at radius 1 is 1.35 bits per heavy atom. The van der Waals surface area contributed by atoms with E-state index >= 15 is 0 Å². The van der Waals surface area contributed by atoms with E-state index < -0.39 is 24.0 Å². The van der Waals surface area contributed by atoms with Crippen LogP contribution in [0.25, 0.3) is 0 Å². The second-order valence-corrected chi connectivity index (χ2v) is 5.33. The molecule has 3 amide bonds. The Morgan fingerprint density at radius 3 is 2.70 bits per heavy atom. The average Bonchev–Trinajstić information content (AvgIpc) is 2.53. The molecule has 2 rings (SSSR count). The lowest BCUT2D eigenvalue weighted by Gasteiger charge is -2.33. The molecule has 1 aliphatic rings. The van der Waals surface area contributed by atoms with Crippen molar-refractivity contribution in [1.82, 2.24) is 10.6 Å². The van der Waals surface area contributed by atoms with Crippen LogP contribution < -0.4 is 22.1 Å². The molecule has 1 fully saturated rings. The lowest BCUT2D eigenvalue weighted by molar-refractivity contribution is -0.137. The number of morpholine rings is 1. The van der Waals surface area contributed by atoms with Crippen LogP contribution in [0.15, 0.2) is 30.3 Å². The fourth-order valence-corrected chi connectivity index (χ4v) is 2.36. The molecule has 6 N–H and O–H groups in total. The fourth-order valence-electron chi connectivity index (χ4n) is 2.36. The minimum Gasteiger partial charge on any atom is -0.370 e. The highest BCUT2D eigenvalue weighted by molar-refractivity contribution is 5.87. The van der Waals surface area contributed by atoms with Gasteiger partial charge in [-0.15, -0.1) is 0 Å². The Hall–Kier alpha value is -2.45. The van der Waals surface area contributed by atoms with E-state index in [0.717, 1.165) is 5.56 Å². The number of nitrogens with two attached hydrogens (primary N) is 2. The van der Waals surface area contributed by atoms with Crippen molar-refractivity contribution in [1.29, 1.82) is 0 Å². The van der Waals surface area contributed by atoms with E-state index in [-0.39, 0.29) is 31.5 Å². The van der Waals surface area contributed by atoms with Gasteiger partial charge in [0.1, 0.15) is 6.61 Å². The van der Waals surface area contributed by atoms with Crippen LogP contribution in [0, 0.1) is 0 Å². The zero-order chi connectivity index (χ0) is 16.8. The molecule has 1 aliphatic heterocycles. The Bertz CT molecular complexity index is 578. The molecule has 0 aromatic heterocycles. The molecular weight excluding hydrogens is 300 g/mol. The van der Waals surface area contributed by atoms with E-state index in [4.69, 9.17) is 16.2 Å². The summed E-state index contributed by atoms with van der Waals surface area (Å²) in [4.78, 5) is 34.2. The minimum atomic E-state index is -0.999. The molecular formula is C15H20N4O4. The molecule has 1 saturated heterocycles. The van der Waals surface area contributed by atoms with Gasteiger partial charge < -0.3 is 26.8 Å². The van der Waals surface area contributed by atoms with E-state index in [1.165, 1.54) is 0 Å². The smallest absolute Gasteiger partial charge is 0.246 e. The van der Waals surface area contributed by atoms with Gasteiger partial charge in [0.15, 0.2) is 0 Å². The van der Waals surface area contributed by atoms with Gasteiger partial charge >= 0.3 is 0 Å². The van der Waals surface area contributed by atoms with Gasteiger partial charge in [-0.05, 0) is 5.56 Å². The maximum absolute atomic E-state index is 11.8. The topological polar surface area (TPSA) is 137 Å². The Kier molecular flexibility index (Phi) is 5.67. The van der Waals surface area contributed by atoms with Crippen molar-refractivity contribution in [2.75, 3.05) is 13.2 Å². The molecule has 3 atom stereocenters. The maximum Gasteiger partial charge on any atom is 0.246 e. The van der Waals surface area contributed by atoms with Gasteiger partial charge in [-0.25, -0.2) is 0 Å². The average molecular weight is 320 g/mol. The lowest BCUT2D eigenvalue weighted by atomic mass is 9.99. The van der Waals surface area contributed by atoms with E-state index in [1.807, 2.05) is 30.3 Å². The van der Waals surface area contributed by atoms with Crippen LogP contribution in [-0.4, -0.2) is 43.0 Å². The van der Waals surface area contributed by atoms with Crippen LogP contribution in [0.4, 0.5) is 0 Å². The van der Waals surface area contributed by atoms with E-state index in [0.29, 0.717) is 0 Å². The Balaban J connectivity index is 1.98. The molecule has 0 aliphatic carbocycles. The van der Waals surface area contributed by atoms with Gasteiger partial charge in [-0.2, -0.15) is 0 Å². The van der Waals surface area contributed by atoms with Gasteiger partial charge in [0, 0.05) is 6.54 Å². The van der Waals surface area contributed by atoms with Gasteiger partial charge in [0.2, 0.25) is 17.7 Å². The second kappa shape index (κ2) is 7.70. The Morgan fingerprint density at radius 2 is 2.04 bits per heavy atom. The molecule has 0 unspecified atom stereocenters. The molecule has 0 spiro atoms. The highest BCUT2D eigenvalue weighted by Crippen LogP contribution is 2.21. The van der Waals surface area contributed by atoms with Gasteiger partial charge in [0.25, 0.3) is 0 Å². The van der Waals surface area contributed by atoms with E-state index in [1.54, 1.807) is 0 Å². The summed E-state index contributed by atoms with van der Waals surface area (Å²) in [6, 6.07) is 7.95. The minimum absolute atomic E-state index is 0.0722. The van der Waals surface area contributed by atoms with Crippen molar-refractivity contribution in [2.24, 2.45) is 11.5 Å². The first-order chi connectivity index (χ1) is 11.0. The molecule has 8 nitrogen and oxygen atoms in total. The summed E-state index contributed by atoms with van der Waals surface area (Å²) in [5.41, 5.74) is 11.5. The van der Waals surface area contributed by atoms with Crippen molar-refractivity contribution in [3.05, 3.63) is 35.9 Å². The zero-order valence-corrected chi connectivity index (χ0v) is 12.5. The molecule has 0 radical (unpaired) electrons. The summed E-state index contributed by atoms with van der Waals surface area (Å²) < 4.78 is 5.51. The predicted octanol–water partition coefficient (Wildman–Crippen LogP) is -1.44. The van der Waals surface area contributed by atoms with Crippen molar-refractivity contribution in [2.45, 2.75) is 24.6 Å². The van der Waals surface area contributed by atoms with Crippen molar-refractivity contribution < 1.29 is 19.1 Å². The molecule has 124 valence electrons. The van der Waals surface area contributed by atoms with Crippen LogP contribution in [0.2, 0.25) is 0 Å². The van der Waals surface area contributed by atoms with Crippen molar-refractivity contribution in [3.63, 3.8) is 0 Å². The summed E-state index contributed by atoms with van der Waals surface area (Å²) in [5, 5.41) is 5.47. The molecule has 8 heteroatoms. The third-order valence-corrected chi connectivity index (χ3v) is 3.51. The highest BCUT2D eigenvalue weighted by atomic mass is 16.5. The number of carbonyl (C=O) groups excluding carboxylic acids is 3. The third kappa shape index (κ3) is 4.76. The largest absolute Gasteiger partial charge is 0.370 e. The normalized spacial score (nSPS) is 22.0. The molecule has 1 aromatic carbocycles. The number of hydrogen-bond acceptors (Lipinski definition) is 5. The summed E-state index contributed by atoms with van der Waals surface area (Å²) in [7, 11) is 0. The maximum atomic E-state index is 11.8. The number of rotatable bonds is 6. The van der Waals surface area contributed by atoms with E-state index in [9.17, 15) is 14.4 Å². The number of primary amides is 1. The van der Waals surface area contributed by atoms with Crippen molar-refractivity contribution in [3.8, 4) is 0 Å². The first-order valence-electron chi connectivity index (χ1n) is 7.25. The predicted molar refractivity (Wildman–Crippen MR) is 81.9 cm³/mol. The summed E-state index contributed by atoms with van der Waals surface area (Å²) in [5.74, 6) is -1.35. The number of amides is 3. The number of nitrogens with one attached hydrogen (secondary N) is 2. The number of benzene rings is 1. The lowest BCUT2D eigenvalue weighted by Crippen LogP contribution is -2.52. The van der Waals surface area contributed by atoms with Gasteiger partial charge in [0.05, 0.1) is 24.6 Å². The van der Waals surface area contributed by atoms with Crippen LogP contribution in [0.1, 0.15) is 18.0 Å². The van der Waals surface area contributed by atoms with Gasteiger partial charge in [-0.1, -0.05) is 30.3 Å². The van der Waals surface area contributed by atoms with Gasteiger partial charge in [-0.3, -0.25) is 14.4 Å². The van der Waals surface area contributed by atoms with Crippen LogP contribution in [-0.2, 0) is 19.1 Å². The standard InChI is InChI=1S/C15H20N4O4/c16-10(6-12(17)20)15(22)18-7-11-14(19-13(21)8-23-11)9-4-2-1-3-5-9/h1-5,10-11,14H,6-8,16H2,(H2,17,20)(H,18,22)(H,19,21)/t10-,11+,14-/m1/s1. The van der Waals surface area contributed by atoms with Crippen LogP contribution in [0.3, 0.4) is 0 Å². The molecule has 0 saturated carbocycles. The Labute approximate surface area is 133 Å². The van der Waals surface area contributed by atoms with Crippen LogP contribution in [0.5, 0.6) is 0 Å². The van der Waals surface area contributed by atoms with E-state index in [2.05, 4.69) is 10.6 Å². The monoisotopic (exact) mass is 320 g/mol. The number of carbonyl (C=O) groups is 3. The first kappa shape index (κ1) is 16.9. The summed E-state index contributed by atoms with van der Waals surface area (Å²) in [6.45, 7) is 0.0857. The summed E-state index contributed by atoms with van der Waals surface area (Å²) in [6.07, 6.45) is -0.657. The fraction of sp³-hybridized carbons (Fsp3) is 0.400. The summed E-state index contributed by atoms with van der Waals surface area (Å²) >= 11 is 0.